The summed E-state index contributed by atoms with van der Waals surface area (Å²) in [6.45, 7) is 6.90. The third-order valence-electron chi connectivity index (χ3n) is 5.39. The Labute approximate surface area is 191 Å². The predicted octanol–water partition coefficient (Wildman–Crippen LogP) is 1.35. The Kier molecular flexibility index (Phi) is 6.40. The molecule has 33 heavy (non-hydrogen) atoms. The zero-order valence-corrected chi connectivity index (χ0v) is 19.4. The van der Waals surface area contributed by atoms with Crippen molar-refractivity contribution in [1.82, 2.24) is 24.1 Å². The van der Waals surface area contributed by atoms with E-state index in [1.54, 1.807) is 31.3 Å². The molecule has 1 aliphatic heterocycles. The van der Waals surface area contributed by atoms with E-state index in [2.05, 4.69) is 25.7 Å². The first-order chi connectivity index (χ1) is 15.8. The molecule has 2 aromatic heterocycles. The van der Waals surface area contributed by atoms with Crippen LogP contribution in [0.3, 0.4) is 0 Å². The average molecular weight is 472 g/mol. The van der Waals surface area contributed by atoms with E-state index in [0.29, 0.717) is 26.3 Å². The van der Waals surface area contributed by atoms with E-state index in [4.69, 9.17) is 4.74 Å². The molecule has 1 aliphatic rings. The number of benzene rings is 1. The summed E-state index contributed by atoms with van der Waals surface area (Å²) in [5.41, 5.74) is 5.94. The second-order valence-electron chi connectivity index (χ2n) is 7.63. The second kappa shape index (κ2) is 9.25. The number of hydrogen-bond donors (Lipinski definition) is 2. The Morgan fingerprint density at radius 3 is 2.64 bits per heavy atom. The maximum Gasteiger partial charge on any atom is 0.274 e. The molecular weight excluding hydrogens is 446 g/mol. The molecule has 0 unspecified atom stereocenters. The van der Waals surface area contributed by atoms with E-state index >= 15 is 0 Å². The maximum atomic E-state index is 13.1. The first-order valence-corrected chi connectivity index (χ1v) is 11.8. The largest absolute Gasteiger partial charge is 0.379 e. The first-order valence-electron chi connectivity index (χ1n) is 10.4. The van der Waals surface area contributed by atoms with Crippen molar-refractivity contribution in [1.29, 1.82) is 0 Å². The van der Waals surface area contributed by atoms with Crippen LogP contribution in [0.15, 0.2) is 45.1 Å². The normalized spacial score (nSPS) is 15.2. The van der Waals surface area contributed by atoms with Crippen molar-refractivity contribution in [2.45, 2.75) is 25.7 Å². The predicted molar refractivity (Wildman–Crippen MR) is 123 cm³/mol. The van der Waals surface area contributed by atoms with E-state index < -0.39 is 10.0 Å². The van der Waals surface area contributed by atoms with Gasteiger partial charge in [0.25, 0.3) is 5.56 Å². The summed E-state index contributed by atoms with van der Waals surface area (Å²) in [6, 6.07) is 8.83. The number of aromatic nitrogens is 4. The Hall–Kier alpha value is -3.35. The highest BCUT2D eigenvalue weighted by molar-refractivity contribution is 7.89. The zero-order chi connectivity index (χ0) is 23.6. The van der Waals surface area contributed by atoms with Gasteiger partial charge < -0.3 is 9.30 Å². The molecule has 0 radical (unpaired) electrons. The van der Waals surface area contributed by atoms with Gasteiger partial charge in [0.1, 0.15) is 5.69 Å². The smallest absolute Gasteiger partial charge is 0.274 e. The highest BCUT2D eigenvalue weighted by Gasteiger charge is 2.26. The number of aromatic amines is 1. The van der Waals surface area contributed by atoms with Crippen LogP contribution >= 0.6 is 0 Å². The number of hydrazone groups is 1. The molecule has 4 rings (SSSR count). The van der Waals surface area contributed by atoms with Gasteiger partial charge in [0.2, 0.25) is 16.0 Å². The Morgan fingerprint density at radius 2 is 1.91 bits per heavy atom. The Morgan fingerprint density at radius 1 is 1.15 bits per heavy atom. The van der Waals surface area contributed by atoms with Crippen molar-refractivity contribution < 1.29 is 13.2 Å². The molecule has 3 heterocycles. The number of aryl methyl sites for hydroxylation is 2. The van der Waals surface area contributed by atoms with Crippen LogP contribution in [0, 0.1) is 20.8 Å². The minimum atomic E-state index is -3.60. The second-order valence-corrected chi connectivity index (χ2v) is 9.57. The molecule has 0 saturated carbocycles. The fourth-order valence-electron chi connectivity index (χ4n) is 3.64. The molecule has 0 aliphatic carbocycles. The standard InChI is InChI=1S/C21H25N7O4S/c1-14-11-17(13-22-25-21-23-20(29)15(2)24-26-21)16(3)28(14)18-5-4-6-19(12-18)33(30,31)27-7-9-32-10-8-27/h4-6,11-13H,7-10H2,1-3H3,(H2,23,25,26,29)/b22-13+. The Bertz CT molecular complexity index is 1360. The third-order valence-corrected chi connectivity index (χ3v) is 7.28. The highest BCUT2D eigenvalue weighted by atomic mass is 32.2. The summed E-state index contributed by atoms with van der Waals surface area (Å²) in [6.07, 6.45) is 1.60. The van der Waals surface area contributed by atoms with Crippen molar-refractivity contribution >= 4 is 22.2 Å². The summed E-state index contributed by atoms with van der Waals surface area (Å²) in [5, 5.41) is 11.7. The van der Waals surface area contributed by atoms with Gasteiger partial charge in [0.15, 0.2) is 0 Å². The van der Waals surface area contributed by atoms with Crippen molar-refractivity contribution in [3.05, 3.63) is 63.3 Å². The number of H-pyrrole nitrogens is 1. The van der Waals surface area contributed by atoms with Gasteiger partial charge in [-0.1, -0.05) is 6.07 Å². The van der Waals surface area contributed by atoms with E-state index in [1.165, 1.54) is 4.31 Å². The van der Waals surface area contributed by atoms with Crippen LogP contribution in [0.5, 0.6) is 0 Å². The summed E-state index contributed by atoms with van der Waals surface area (Å²) in [7, 11) is -3.60. The lowest BCUT2D eigenvalue weighted by Gasteiger charge is -2.26. The Balaban J connectivity index is 1.59. The monoisotopic (exact) mass is 471 g/mol. The van der Waals surface area contributed by atoms with E-state index in [-0.39, 0.29) is 22.1 Å². The van der Waals surface area contributed by atoms with Gasteiger partial charge in [-0.15, -0.1) is 10.2 Å². The number of morpholine rings is 1. The lowest BCUT2D eigenvalue weighted by molar-refractivity contribution is 0.0730. The van der Waals surface area contributed by atoms with Crippen LogP contribution in [0.25, 0.3) is 5.69 Å². The molecule has 11 nitrogen and oxygen atoms in total. The van der Waals surface area contributed by atoms with Gasteiger partial charge in [-0.25, -0.2) is 13.8 Å². The SMILES string of the molecule is Cc1nnc(N/N=C/c2cc(C)n(-c3cccc(S(=O)(=O)N4CCOCC4)c3)c2C)[nH]c1=O. The number of nitrogens with one attached hydrogen (secondary N) is 2. The average Bonchev–Trinajstić information content (AvgIpc) is 3.09. The number of nitrogens with zero attached hydrogens (tertiary/aromatic N) is 5. The molecule has 1 aromatic carbocycles. The van der Waals surface area contributed by atoms with E-state index in [0.717, 1.165) is 22.6 Å². The van der Waals surface area contributed by atoms with Crippen molar-refractivity contribution in [2.24, 2.45) is 5.10 Å². The first kappa shape index (κ1) is 22.8. The van der Waals surface area contributed by atoms with E-state index in [1.807, 2.05) is 30.5 Å². The molecule has 2 N–H and O–H groups in total. The molecule has 0 atom stereocenters. The van der Waals surface area contributed by atoms with Gasteiger partial charge in [-0.2, -0.15) is 9.41 Å². The lowest BCUT2D eigenvalue weighted by Crippen LogP contribution is -2.40. The molecule has 1 saturated heterocycles. The number of anilines is 1. The van der Waals surface area contributed by atoms with Gasteiger partial charge in [0, 0.05) is 35.7 Å². The van der Waals surface area contributed by atoms with Gasteiger partial charge in [0.05, 0.1) is 24.3 Å². The summed E-state index contributed by atoms with van der Waals surface area (Å²) in [4.78, 5) is 14.4. The molecule has 0 amide bonds. The minimum Gasteiger partial charge on any atom is -0.379 e. The molecule has 0 bridgehead atoms. The summed E-state index contributed by atoms with van der Waals surface area (Å²) < 4.78 is 34.8. The highest BCUT2D eigenvalue weighted by Crippen LogP contribution is 2.24. The van der Waals surface area contributed by atoms with Crippen LogP contribution in [0.2, 0.25) is 0 Å². The number of sulfonamides is 1. The number of ether oxygens (including phenoxy) is 1. The molecule has 3 aromatic rings. The molecule has 0 spiro atoms. The van der Waals surface area contributed by atoms with Crippen LogP contribution in [0.1, 0.15) is 22.6 Å². The lowest BCUT2D eigenvalue weighted by atomic mass is 10.2. The molecule has 12 heteroatoms. The van der Waals surface area contributed by atoms with Crippen LogP contribution in [-0.2, 0) is 14.8 Å². The zero-order valence-electron chi connectivity index (χ0n) is 18.6. The summed E-state index contributed by atoms with van der Waals surface area (Å²) >= 11 is 0. The van der Waals surface area contributed by atoms with Crippen LogP contribution in [0.4, 0.5) is 5.95 Å². The van der Waals surface area contributed by atoms with Crippen LogP contribution < -0.4 is 11.0 Å². The van der Waals surface area contributed by atoms with Gasteiger partial charge in [-0.3, -0.25) is 9.78 Å². The van der Waals surface area contributed by atoms with E-state index in [9.17, 15) is 13.2 Å². The van der Waals surface area contributed by atoms with Crippen molar-refractivity contribution in [3.8, 4) is 5.69 Å². The van der Waals surface area contributed by atoms with Crippen molar-refractivity contribution in [3.63, 3.8) is 0 Å². The fourth-order valence-corrected chi connectivity index (χ4v) is 5.09. The van der Waals surface area contributed by atoms with Gasteiger partial charge >= 0.3 is 0 Å². The van der Waals surface area contributed by atoms with Crippen LogP contribution in [-0.4, -0.2) is 65.0 Å². The van der Waals surface area contributed by atoms with Crippen molar-refractivity contribution in [2.75, 3.05) is 31.7 Å². The van der Waals surface area contributed by atoms with Gasteiger partial charge in [-0.05, 0) is 45.0 Å². The quantitative estimate of drug-likeness (QED) is 0.409. The summed E-state index contributed by atoms with van der Waals surface area (Å²) in [5.74, 6) is 0.136. The fraction of sp³-hybridized carbons (Fsp3) is 0.333. The molecular formula is C21H25N7O4S. The topological polar surface area (TPSA) is 135 Å². The third kappa shape index (κ3) is 4.72. The maximum absolute atomic E-state index is 13.1. The number of hydrogen-bond acceptors (Lipinski definition) is 8. The molecule has 1 fully saturated rings. The molecule has 174 valence electrons. The minimum absolute atomic E-state index is 0.136. The number of rotatable bonds is 6.